The number of rotatable bonds is 3. The van der Waals surface area contributed by atoms with Gasteiger partial charge in [0.2, 0.25) is 0 Å². The summed E-state index contributed by atoms with van der Waals surface area (Å²) in [4.78, 5) is 11.4. The first kappa shape index (κ1) is 8.05. The average molecular weight is 169 g/mol. The lowest BCUT2D eigenvalue weighted by molar-refractivity contribution is -0.147. The van der Waals surface area contributed by atoms with Crippen molar-refractivity contribution in [2.75, 3.05) is 13.7 Å². The first-order valence-corrected chi connectivity index (χ1v) is 4.53. The Hall–Kier alpha value is -0.570. The minimum Gasteiger partial charge on any atom is -0.469 e. The highest BCUT2D eigenvalue weighted by atomic mass is 16.5. The van der Waals surface area contributed by atoms with E-state index >= 15 is 0 Å². The number of hydrogen-bond donors (Lipinski definition) is 1. The van der Waals surface area contributed by atoms with Crippen LogP contribution in [0.1, 0.15) is 19.3 Å². The van der Waals surface area contributed by atoms with Crippen LogP contribution in [0.5, 0.6) is 0 Å². The molecule has 0 spiro atoms. The van der Waals surface area contributed by atoms with E-state index in [-0.39, 0.29) is 11.4 Å². The highest BCUT2D eigenvalue weighted by Crippen LogP contribution is 2.62. The lowest BCUT2D eigenvalue weighted by atomic mass is 10.0. The highest BCUT2D eigenvalue weighted by molar-refractivity contribution is 5.81. The van der Waals surface area contributed by atoms with Crippen molar-refractivity contribution in [2.24, 2.45) is 23.0 Å². The zero-order valence-corrected chi connectivity index (χ0v) is 7.38. The lowest BCUT2D eigenvalue weighted by Crippen LogP contribution is -2.29. The summed E-state index contributed by atoms with van der Waals surface area (Å²) < 4.78 is 4.76. The van der Waals surface area contributed by atoms with Crippen LogP contribution in [0.15, 0.2) is 0 Å². The SMILES string of the molecule is COC(=O)[C@@]1(CN)C[C@H]1C1CC1. The molecule has 2 N–H and O–H groups in total. The molecule has 0 bridgehead atoms. The molecule has 2 saturated carbocycles. The molecule has 2 aliphatic rings. The minimum absolute atomic E-state index is 0.0955. The Labute approximate surface area is 72.3 Å². The van der Waals surface area contributed by atoms with Gasteiger partial charge in [0.1, 0.15) is 0 Å². The van der Waals surface area contributed by atoms with Crippen LogP contribution in [0.4, 0.5) is 0 Å². The number of carbonyl (C=O) groups excluding carboxylic acids is 1. The molecule has 12 heavy (non-hydrogen) atoms. The second-order valence-corrected chi connectivity index (χ2v) is 4.00. The van der Waals surface area contributed by atoms with Gasteiger partial charge in [0.15, 0.2) is 0 Å². The van der Waals surface area contributed by atoms with E-state index in [9.17, 15) is 4.79 Å². The highest BCUT2D eigenvalue weighted by Gasteiger charge is 2.64. The van der Waals surface area contributed by atoms with E-state index in [0.717, 1.165) is 12.3 Å². The molecule has 0 amide bonds. The van der Waals surface area contributed by atoms with Crippen molar-refractivity contribution in [1.82, 2.24) is 0 Å². The topological polar surface area (TPSA) is 52.3 Å². The van der Waals surface area contributed by atoms with Gasteiger partial charge in [0, 0.05) is 6.54 Å². The number of methoxy groups -OCH3 is 1. The molecule has 0 aliphatic heterocycles. The van der Waals surface area contributed by atoms with Gasteiger partial charge in [-0.3, -0.25) is 4.79 Å². The van der Waals surface area contributed by atoms with E-state index in [0.29, 0.717) is 12.5 Å². The summed E-state index contributed by atoms with van der Waals surface area (Å²) in [5.41, 5.74) is 5.32. The first-order valence-electron chi connectivity index (χ1n) is 4.53. The molecule has 0 radical (unpaired) electrons. The molecule has 0 aromatic rings. The maximum absolute atomic E-state index is 11.4. The number of hydrogen-bond acceptors (Lipinski definition) is 3. The molecule has 2 fully saturated rings. The van der Waals surface area contributed by atoms with E-state index in [1.807, 2.05) is 0 Å². The minimum atomic E-state index is -0.282. The molecule has 0 aromatic carbocycles. The fourth-order valence-electron chi connectivity index (χ4n) is 2.21. The third-order valence-electron chi connectivity index (χ3n) is 3.28. The van der Waals surface area contributed by atoms with Gasteiger partial charge in [-0.25, -0.2) is 0 Å². The van der Waals surface area contributed by atoms with Gasteiger partial charge < -0.3 is 10.5 Å². The van der Waals surface area contributed by atoms with Crippen LogP contribution in [0.3, 0.4) is 0 Å². The zero-order chi connectivity index (χ0) is 8.77. The molecule has 0 heterocycles. The standard InChI is InChI=1S/C9H15NO2/c1-12-8(11)9(5-10)4-7(9)6-2-3-6/h6-7H,2-5,10H2,1H3/t7-,9+/m0/s1. The smallest absolute Gasteiger partial charge is 0.313 e. The molecule has 3 heteroatoms. The van der Waals surface area contributed by atoms with E-state index in [2.05, 4.69) is 0 Å². The number of nitrogens with two attached hydrogens (primary N) is 1. The predicted molar refractivity (Wildman–Crippen MR) is 44.3 cm³/mol. The molecular formula is C9H15NO2. The predicted octanol–water partition coefficient (Wildman–Crippen LogP) is 0.534. The van der Waals surface area contributed by atoms with Gasteiger partial charge in [-0.05, 0) is 31.1 Å². The molecule has 2 rings (SSSR count). The molecule has 0 aromatic heterocycles. The number of esters is 1. The summed E-state index contributed by atoms with van der Waals surface area (Å²) in [5, 5.41) is 0. The second-order valence-electron chi connectivity index (χ2n) is 4.00. The summed E-state index contributed by atoms with van der Waals surface area (Å²) in [6, 6.07) is 0. The molecule has 2 atom stereocenters. The summed E-state index contributed by atoms with van der Waals surface area (Å²) in [5.74, 6) is 1.21. The van der Waals surface area contributed by atoms with Gasteiger partial charge in [-0.15, -0.1) is 0 Å². The van der Waals surface area contributed by atoms with E-state index in [4.69, 9.17) is 10.5 Å². The normalized spacial score (nSPS) is 39.3. The summed E-state index contributed by atoms with van der Waals surface area (Å²) in [6.45, 7) is 0.459. The molecular weight excluding hydrogens is 154 g/mol. The Morgan fingerprint density at radius 3 is 2.75 bits per heavy atom. The lowest BCUT2D eigenvalue weighted by Gasteiger charge is -2.11. The van der Waals surface area contributed by atoms with Gasteiger partial charge >= 0.3 is 5.97 Å². The molecule has 2 aliphatic carbocycles. The average Bonchev–Trinajstić information content (AvgIpc) is 2.94. The number of ether oxygens (including phenoxy) is 1. The quantitative estimate of drug-likeness (QED) is 0.627. The largest absolute Gasteiger partial charge is 0.469 e. The third-order valence-corrected chi connectivity index (χ3v) is 3.28. The van der Waals surface area contributed by atoms with Crippen LogP contribution in [0.25, 0.3) is 0 Å². The van der Waals surface area contributed by atoms with Crippen LogP contribution in [-0.4, -0.2) is 19.6 Å². The van der Waals surface area contributed by atoms with Gasteiger partial charge in [0.05, 0.1) is 12.5 Å². The maximum atomic E-state index is 11.4. The third kappa shape index (κ3) is 0.959. The Kier molecular flexibility index (Phi) is 1.65. The van der Waals surface area contributed by atoms with Crippen LogP contribution in [-0.2, 0) is 9.53 Å². The summed E-state index contributed by atoms with van der Waals surface area (Å²) in [6.07, 6.45) is 3.52. The van der Waals surface area contributed by atoms with Crippen molar-refractivity contribution in [2.45, 2.75) is 19.3 Å². The van der Waals surface area contributed by atoms with E-state index in [1.165, 1.54) is 20.0 Å². The van der Waals surface area contributed by atoms with E-state index in [1.54, 1.807) is 0 Å². The molecule has 0 saturated heterocycles. The Balaban J connectivity index is 2.03. The second kappa shape index (κ2) is 2.46. The van der Waals surface area contributed by atoms with Crippen molar-refractivity contribution >= 4 is 5.97 Å². The monoisotopic (exact) mass is 169 g/mol. The Morgan fingerprint density at radius 2 is 2.33 bits per heavy atom. The fraction of sp³-hybridized carbons (Fsp3) is 0.889. The first-order chi connectivity index (χ1) is 5.74. The zero-order valence-electron chi connectivity index (χ0n) is 7.38. The summed E-state index contributed by atoms with van der Waals surface area (Å²) in [7, 11) is 1.45. The molecule has 3 nitrogen and oxygen atoms in total. The van der Waals surface area contributed by atoms with Crippen LogP contribution in [0.2, 0.25) is 0 Å². The molecule has 0 unspecified atom stereocenters. The van der Waals surface area contributed by atoms with Crippen molar-refractivity contribution in [3.8, 4) is 0 Å². The van der Waals surface area contributed by atoms with Crippen LogP contribution >= 0.6 is 0 Å². The van der Waals surface area contributed by atoms with Crippen LogP contribution in [0, 0.1) is 17.3 Å². The van der Waals surface area contributed by atoms with Crippen molar-refractivity contribution in [3.05, 3.63) is 0 Å². The van der Waals surface area contributed by atoms with Crippen molar-refractivity contribution in [3.63, 3.8) is 0 Å². The van der Waals surface area contributed by atoms with Gasteiger partial charge in [-0.1, -0.05) is 0 Å². The molecule has 68 valence electrons. The van der Waals surface area contributed by atoms with Gasteiger partial charge in [-0.2, -0.15) is 0 Å². The maximum Gasteiger partial charge on any atom is 0.313 e. The van der Waals surface area contributed by atoms with Crippen molar-refractivity contribution < 1.29 is 9.53 Å². The number of carbonyl (C=O) groups is 1. The summed E-state index contributed by atoms with van der Waals surface area (Å²) >= 11 is 0. The van der Waals surface area contributed by atoms with Gasteiger partial charge in [0.25, 0.3) is 0 Å². The fourth-order valence-corrected chi connectivity index (χ4v) is 2.21. The Bertz CT molecular complexity index is 213. The van der Waals surface area contributed by atoms with Crippen molar-refractivity contribution in [1.29, 1.82) is 0 Å². The van der Waals surface area contributed by atoms with E-state index < -0.39 is 0 Å². The van der Waals surface area contributed by atoms with Crippen LogP contribution < -0.4 is 5.73 Å². The Morgan fingerprint density at radius 1 is 1.67 bits per heavy atom.